The van der Waals surface area contributed by atoms with Crippen LogP contribution in [0.5, 0.6) is 0 Å². The van der Waals surface area contributed by atoms with Crippen molar-refractivity contribution in [1.29, 1.82) is 0 Å². The van der Waals surface area contributed by atoms with E-state index in [0.29, 0.717) is 5.41 Å². The van der Waals surface area contributed by atoms with E-state index >= 15 is 0 Å². The highest BCUT2D eigenvalue weighted by atomic mass is 16.5. The Kier molecular flexibility index (Phi) is 2.55. The molecule has 3 rings (SSSR count). The van der Waals surface area contributed by atoms with E-state index < -0.39 is 0 Å². The molecule has 0 radical (unpaired) electrons. The van der Waals surface area contributed by atoms with Gasteiger partial charge >= 0.3 is 0 Å². The summed E-state index contributed by atoms with van der Waals surface area (Å²) >= 11 is 0. The number of hydrogen-bond donors (Lipinski definition) is 0. The van der Waals surface area contributed by atoms with Crippen molar-refractivity contribution in [3.63, 3.8) is 0 Å². The fourth-order valence-electron chi connectivity index (χ4n) is 3.54. The molecule has 1 heterocycles. The van der Waals surface area contributed by atoms with Crippen LogP contribution in [0.2, 0.25) is 0 Å². The first-order chi connectivity index (χ1) is 8.17. The summed E-state index contributed by atoms with van der Waals surface area (Å²) in [6.45, 7) is 8.68. The maximum atomic E-state index is 5.83. The molecule has 92 valence electrons. The van der Waals surface area contributed by atoms with E-state index in [1.165, 1.54) is 17.5 Å². The maximum absolute atomic E-state index is 5.83. The summed E-state index contributed by atoms with van der Waals surface area (Å²) in [6.07, 6.45) is 2.46. The van der Waals surface area contributed by atoms with E-state index in [0.717, 1.165) is 31.5 Å². The average Bonchev–Trinajstić information content (AvgIpc) is 3.05. The van der Waals surface area contributed by atoms with Gasteiger partial charge in [0.15, 0.2) is 0 Å². The first-order valence-corrected chi connectivity index (χ1v) is 6.87. The minimum absolute atomic E-state index is 0.368. The summed E-state index contributed by atoms with van der Waals surface area (Å²) in [5.74, 6) is 1.60. The van der Waals surface area contributed by atoms with Crippen molar-refractivity contribution in [2.24, 2.45) is 11.8 Å². The highest BCUT2D eigenvalue weighted by molar-refractivity contribution is 5.44. The Hall–Kier alpha value is -0.820. The van der Waals surface area contributed by atoms with Crippen molar-refractivity contribution in [3.05, 3.63) is 34.9 Å². The number of aryl methyl sites for hydroxylation is 1. The molecule has 1 aliphatic heterocycles. The molecule has 0 amide bonds. The third-order valence-corrected chi connectivity index (χ3v) is 4.67. The minimum Gasteiger partial charge on any atom is -0.376 e. The first kappa shape index (κ1) is 11.3. The smallest absolute Gasteiger partial charge is 0.0720 e. The Balaban J connectivity index is 2.02. The summed E-state index contributed by atoms with van der Waals surface area (Å²) in [7, 11) is 0. The highest BCUT2D eigenvalue weighted by Crippen LogP contribution is 2.60. The van der Waals surface area contributed by atoms with Gasteiger partial charge in [-0.15, -0.1) is 0 Å². The third-order valence-electron chi connectivity index (χ3n) is 4.67. The Labute approximate surface area is 104 Å². The molecule has 2 aliphatic rings. The second-order valence-electron chi connectivity index (χ2n) is 6.05. The van der Waals surface area contributed by atoms with Crippen LogP contribution in [0.4, 0.5) is 0 Å². The van der Waals surface area contributed by atoms with Crippen LogP contribution in [0.15, 0.2) is 18.2 Å². The van der Waals surface area contributed by atoms with Gasteiger partial charge in [-0.3, -0.25) is 0 Å². The number of rotatable bonds is 2. The summed E-state index contributed by atoms with van der Waals surface area (Å²) in [6, 6.07) is 6.99. The maximum Gasteiger partial charge on any atom is 0.0720 e. The summed E-state index contributed by atoms with van der Waals surface area (Å²) < 4.78 is 5.83. The molecule has 1 saturated carbocycles. The SMILES string of the molecule is CCc1ccc2c(c1)C1(COC2)CC1C(C)C. The Morgan fingerprint density at radius 3 is 2.88 bits per heavy atom. The fraction of sp³-hybridized carbons (Fsp3) is 0.625. The predicted molar refractivity (Wildman–Crippen MR) is 70.1 cm³/mol. The zero-order valence-corrected chi connectivity index (χ0v) is 11.1. The number of fused-ring (bicyclic) bond motifs is 2. The van der Waals surface area contributed by atoms with Crippen molar-refractivity contribution >= 4 is 0 Å². The van der Waals surface area contributed by atoms with Crippen LogP contribution in [0.3, 0.4) is 0 Å². The van der Waals surface area contributed by atoms with Gasteiger partial charge in [0.1, 0.15) is 0 Å². The standard InChI is InChI=1S/C16H22O/c1-4-12-5-6-13-9-17-10-16(14(13)7-12)8-15(16)11(2)3/h5-7,11,15H,4,8-10H2,1-3H3. The van der Waals surface area contributed by atoms with Crippen LogP contribution >= 0.6 is 0 Å². The second-order valence-corrected chi connectivity index (χ2v) is 6.05. The van der Waals surface area contributed by atoms with Crippen LogP contribution < -0.4 is 0 Å². The molecule has 17 heavy (non-hydrogen) atoms. The molecule has 1 aromatic rings. The molecule has 1 spiro atoms. The van der Waals surface area contributed by atoms with Crippen molar-refractivity contribution < 1.29 is 4.74 Å². The first-order valence-electron chi connectivity index (χ1n) is 6.87. The lowest BCUT2D eigenvalue weighted by atomic mass is 9.84. The number of hydrogen-bond acceptors (Lipinski definition) is 1. The molecule has 0 aromatic heterocycles. The van der Waals surface area contributed by atoms with E-state index in [1.807, 2.05) is 0 Å². The number of ether oxygens (including phenoxy) is 1. The Bertz CT molecular complexity index is 435. The van der Waals surface area contributed by atoms with E-state index in [-0.39, 0.29) is 0 Å². The Morgan fingerprint density at radius 1 is 1.41 bits per heavy atom. The van der Waals surface area contributed by atoms with Gasteiger partial charge in [0.05, 0.1) is 13.2 Å². The topological polar surface area (TPSA) is 9.23 Å². The third kappa shape index (κ3) is 1.63. The zero-order chi connectivity index (χ0) is 12.0. The molecule has 0 saturated heterocycles. The number of benzene rings is 1. The van der Waals surface area contributed by atoms with E-state index in [1.54, 1.807) is 5.56 Å². The summed E-state index contributed by atoms with van der Waals surface area (Å²) in [5, 5.41) is 0. The second kappa shape index (κ2) is 3.84. The van der Waals surface area contributed by atoms with E-state index in [9.17, 15) is 0 Å². The Morgan fingerprint density at radius 2 is 2.24 bits per heavy atom. The highest BCUT2D eigenvalue weighted by Gasteiger charge is 2.58. The van der Waals surface area contributed by atoms with Crippen LogP contribution in [-0.2, 0) is 23.2 Å². The largest absolute Gasteiger partial charge is 0.376 e. The average molecular weight is 230 g/mol. The van der Waals surface area contributed by atoms with Gasteiger partial charge in [0, 0.05) is 5.41 Å². The summed E-state index contributed by atoms with van der Waals surface area (Å²) in [4.78, 5) is 0. The molecule has 0 bridgehead atoms. The van der Waals surface area contributed by atoms with Gasteiger partial charge < -0.3 is 4.74 Å². The predicted octanol–water partition coefficient (Wildman–Crippen LogP) is 3.69. The lowest BCUT2D eigenvalue weighted by Crippen LogP contribution is -2.26. The van der Waals surface area contributed by atoms with Gasteiger partial charge in [0.2, 0.25) is 0 Å². The normalized spacial score (nSPS) is 30.7. The van der Waals surface area contributed by atoms with Gasteiger partial charge in [-0.2, -0.15) is 0 Å². The van der Waals surface area contributed by atoms with Crippen LogP contribution in [-0.4, -0.2) is 6.61 Å². The van der Waals surface area contributed by atoms with Crippen LogP contribution in [0.1, 0.15) is 43.9 Å². The molecule has 2 unspecified atom stereocenters. The lowest BCUT2D eigenvalue weighted by molar-refractivity contribution is 0.0766. The molecular formula is C16H22O. The van der Waals surface area contributed by atoms with Crippen molar-refractivity contribution in [2.45, 2.75) is 45.6 Å². The molecule has 2 atom stereocenters. The molecule has 1 fully saturated rings. The van der Waals surface area contributed by atoms with Crippen LogP contribution in [0.25, 0.3) is 0 Å². The van der Waals surface area contributed by atoms with Gasteiger partial charge in [0.25, 0.3) is 0 Å². The monoisotopic (exact) mass is 230 g/mol. The minimum atomic E-state index is 0.368. The van der Waals surface area contributed by atoms with E-state index in [2.05, 4.69) is 39.0 Å². The van der Waals surface area contributed by atoms with Gasteiger partial charge in [-0.1, -0.05) is 39.0 Å². The molecule has 1 heteroatoms. The van der Waals surface area contributed by atoms with Crippen molar-refractivity contribution in [1.82, 2.24) is 0 Å². The lowest BCUT2D eigenvalue weighted by Gasteiger charge is -2.28. The molecule has 1 aliphatic carbocycles. The summed E-state index contributed by atoms with van der Waals surface area (Å²) in [5.41, 5.74) is 4.87. The quantitative estimate of drug-likeness (QED) is 0.753. The van der Waals surface area contributed by atoms with Gasteiger partial charge in [-0.05, 0) is 41.4 Å². The molecule has 0 N–H and O–H groups in total. The van der Waals surface area contributed by atoms with Crippen molar-refractivity contribution in [2.75, 3.05) is 6.61 Å². The van der Waals surface area contributed by atoms with Crippen molar-refractivity contribution in [3.8, 4) is 0 Å². The van der Waals surface area contributed by atoms with Gasteiger partial charge in [-0.25, -0.2) is 0 Å². The van der Waals surface area contributed by atoms with E-state index in [4.69, 9.17) is 4.74 Å². The van der Waals surface area contributed by atoms with Crippen LogP contribution in [0, 0.1) is 11.8 Å². The molecular weight excluding hydrogens is 208 g/mol. The fourth-order valence-corrected chi connectivity index (χ4v) is 3.54. The molecule has 1 nitrogen and oxygen atoms in total. The molecule has 1 aromatic carbocycles. The zero-order valence-electron chi connectivity index (χ0n) is 11.1.